The molecule has 36 heavy (non-hydrogen) atoms. The Morgan fingerprint density at radius 3 is 2.08 bits per heavy atom. The molecule has 0 spiro atoms. The Labute approximate surface area is 219 Å². The monoisotopic (exact) mass is 537 g/mol. The largest absolute Gasteiger partial charge is 0.494 e. The molecule has 2 rings (SSSR count). The van der Waals surface area contributed by atoms with Crippen molar-refractivity contribution in [2.24, 2.45) is 0 Å². The van der Waals surface area contributed by atoms with Gasteiger partial charge >= 0.3 is 0 Å². The fraction of sp³-hybridized carbons (Fsp3) is 0.462. The number of hydrogen-bond acceptors (Lipinski definition) is 5. The summed E-state index contributed by atoms with van der Waals surface area (Å²) in [6, 6.07) is 12.6. The Morgan fingerprint density at radius 2 is 1.61 bits per heavy atom. The molecular weight excluding hydrogens is 502 g/mol. The van der Waals surface area contributed by atoms with Gasteiger partial charge in [-0.1, -0.05) is 30.7 Å². The lowest BCUT2D eigenvalue weighted by molar-refractivity contribution is -0.141. The van der Waals surface area contributed by atoms with Crippen LogP contribution in [0.1, 0.15) is 46.6 Å². The Kier molecular flexibility index (Phi) is 10.2. The van der Waals surface area contributed by atoms with Crippen molar-refractivity contribution in [1.82, 2.24) is 10.2 Å². The Bertz CT molecular complexity index is 1130. The van der Waals surface area contributed by atoms with Crippen LogP contribution >= 0.6 is 11.6 Å². The number of benzene rings is 2. The molecule has 0 saturated heterocycles. The van der Waals surface area contributed by atoms with E-state index in [1.165, 1.54) is 4.90 Å². The fourth-order valence-corrected chi connectivity index (χ4v) is 4.62. The molecule has 0 bridgehead atoms. The molecular formula is C26H36ClN3O5S. The molecule has 2 amide bonds. The minimum Gasteiger partial charge on any atom is -0.494 e. The second kappa shape index (κ2) is 12.5. The first-order chi connectivity index (χ1) is 16.7. The maximum atomic E-state index is 13.7. The highest BCUT2D eigenvalue weighted by molar-refractivity contribution is 7.92. The minimum absolute atomic E-state index is 0.118. The average molecular weight is 538 g/mol. The van der Waals surface area contributed by atoms with Crippen LogP contribution in [-0.4, -0.2) is 56.1 Å². The van der Waals surface area contributed by atoms with Gasteiger partial charge in [0.25, 0.3) is 0 Å². The Morgan fingerprint density at radius 1 is 1.03 bits per heavy atom. The van der Waals surface area contributed by atoms with Crippen molar-refractivity contribution in [3.8, 4) is 5.75 Å². The Hall–Kier alpha value is -2.78. The number of hydrogen-bond donors (Lipinski definition) is 1. The number of amides is 2. The summed E-state index contributed by atoms with van der Waals surface area (Å²) in [6.07, 6.45) is 1.40. The first-order valence-corrected chi connectivity index (χ1v) is 14.0. The zero-order valence-corrected chi connectivity index (χ0v) is 23.3. The summed E-state index contributed by atoms with van der Waals surface area (Å²) < 4.78 is 31.8. The lowest BCUT2D eigenvalue weighted by Crippen LogP contribution is -2.55. The quantitative estimate of drug-likeness (QED) is 0.463. The van der Waals surface area contributed by atoms with Gasteiger partial charge in [0.05, 0.1) is 18.6 Å². The number of halogens is 1. The number of nitrogens with zero attached hydrogens (tertiary/aromatic N) is 2. The lowest BCUT2D eigenvalue weighted by Gasteiger charge is -2.34. The third kappa shape index (κ3) is 8.71. The van der Waals surface area contributed by atoms with Crippen molar-refractivity contribution in [3.63, 3.8) is 0 Å². The fourth-order valence-electron chi connectivity index (χ4n) is 3.65. The molecule has 2 aromatic carbocycles. The average Bonchev–Trinajstić information content (AvgIpc) is 2.77. The third-order valence-electron chi connectivity index (χ3n) is 5.27. The van der Waals surface area contributed by atoms with Crippen LogP contribution in [0.3, 0.4) is 0 Å². The van der Waals surface area contributed by atoms with Gasteiger partial charge in [-0.3, -0.25) is 13.9 Å². The van der Waals surface area contributed by atoms with Crippen LogP contribution in [0.4, 0.5) is 5.69 Å². The number of sulfonamides is 1. The second-order valence-corrected chi connectivity index (χ2v) is 11.9. The molecule has 0 aliphatic carbocycles. The topological polar surface area (TPSA) is 96.0 Å². The maximum Gasteiger partial charge on any atom is 0.244 e. The molecule has 0 aliphatic heterocycles. The van der Waals surface area contributed by atoms with Crippen LogP contribution in [0, 0.1) is 0 Å². The number of ether oxygens (including phenoxy) is 1. The van der Waals surface area contributed by atoms with Gasteiger partial charge in [-0.2, -0.15) is 0 Å². The van der Waals surface area contributed by atoms with E-state index in [1.54, 1.807) is 48.5 Å². The summed E-state index contributed by atoms with van der Waals surface area (Å²) in [7, 11) is -3.80. The zero-order chi connectivity index (χ0) is 27.1. The van der Waals surface area contributed by atoms with E-state index in [0.717, 1.165) is 16.1 Å². The van der Waals surface area contributed by atoms with E-state index in [1.807, 2.05) is 34.6 Å². The summed E-state index contributed by atoms with van der Waals surface area (Å²) in [5, 5.41) is 3.48. The van der Waals surface area contributed by atoms with E-state index in [2.05, 4.69) is 5.32 Å². The van der Waals surface area contributed by atoms with E-state index >= 15 is 0 Å². The summed E-state index contributed by atoms with van der Waals surface area (Å²) in [4.78, 5) is 28.3. The molecule has 1 N–H and O–H groups in total. The standard InChI is InChI=1S/C26H36ClN3O5S/c1-7-23(25(32)28-26(3,4)5)29(17-19-9-11-20(27)12-10-19)24(31)18-30(36(6,33)34)21-13-15-22(16-14-21)35-8-2/h9-16,23H,7-8,17-18H2,1-6H3,(H,28,32)/t23-/m0/s1. The molecule has 0 aliphatic rings. The highest BCUT2D eigenvalue weighted by Gasteiger charge is 2.33. The predicted molar refractivity (Wildman–Crippen MR) is 144 cm³/mol. The van der Waals surface area contributed by atoms with Gasteiger partial charge in [-0.25, -0.2) is 8.42 Å². The van der Waals surface area contributed by atoms with Crippen molar-refractivity contribution < 1.29 is 22.7 Å². The predicted octanol–water partition coefficient (Wildman–Crippen LogP) is 4.23. The third-order valence-corrected chi connectivity index (χ3v) is 6.66. The van der Waals surface area contributed by atoms with Gasteiger partial charge in [0.2, 0.25) is 21.8 Å². The van der Waals surface area contributed by atoms with Gasteiger partial charge in [-0.15, -0.1) is 0 Å². The van der Waals surface area contributed by atoms with E-state index in [0.29, 0.717) is 29.5 Å². The van der Waals surface area contributed by atoms with Gasteiger partial charge in [0.1, 0.15) is 18.3 Å². The molecule has 0 aromatic heterocycles. The highest BCUT2D eigenvalue weighted by atomic mass is 35.5. The molecule has 0 heterocycles. The molecule has 0 fully saturated rings. The first kappa shape index (κ1) is 29.5. The minimum atomic E-state index is -3.80. The van der Waals surface area contributed by atoms with Crippen molar-refractivity contribution in [2.75, 3.05) is 23.7 Å². The molecule has 0 unspecified atom stereocenters. The van der Waals surface area contributed by atoms with E-state index in [4.69, 9.17) is 16.3 Å². The lowest BCUT2D eigenvalue weighted by atomic mass is 10.1. The van der Waals surface area contributed by atoms with Gasteiger partial charge < -0.3 is 15.0 Å². The van der Waals surface area contributed by atoms with Crippen molar-refractivity contribution in [2.45, 2.75) is 59.2 Å². The second-order valence-electron chi connectivity index (χ2n) is 9.51. The normalized spacial score (nSPS) is 12.5. The summed E-state index contributed by atoms with van der Waals surface area (Å²) >= 11 is 6.01. The van der Waals surface area contributed by atoms with Crippen molar-refractivity contribution >= 4 is 39.1 Å². The smallest absolute Gasteiger partial charge is 0.244 e. The Balaban J connectivity index is 2.42. The van der Waals surface area contributed by atoms with Crippen molar-refractivity contribution in [1.29, 1.82) is 0 Å². The number of anilines is 1. The van der Waals surface area contributed by atoms with Gasteiger partial charge in [0.15, 0.2) is 0 Å². The summed E-state index contributed by atoms with van der Waals surface area (Å²) in [5.74, 6) is -0.213. The van der Waals surface area contributed by atoms with Crippen LogP contribution in [0.5, 0.6) is 5.75 Å². The molecule has 8 nitrogen and oxygen atoms in total. The molecule has 0 saturated carbocycles. The van der Waals surface area contributed by atoms with E-state index in [9.17, 15) is 18.0 Å². The zero-order valence-electron chi connectivity index (χ0n) is 21.7. The molecule has 1 atom stereocenters. The number of carbonyl (C=O) groups is 2. The van der Waals surface area contributed by atoms with Crippen LogP contribution in [0.15, 0.2) is 48.5 Å². The number of nitrogens with one attached hydrogen (secondary N) is 1. The van der Waals surface area contributed by atoms with Crippen LogP contribution in [0.2, 0.25) is 5.02 Å². The molecule has 10 heteroatoms. The van der Waals surface area contributed by atoms with Gasteiger partial charge in [-0.05, 0) is 76.1 Å². The molecule has 198 valence electrons. The summed E-state index contributed by atoms with van der Waals surface area (Å²) in [5.41, 5.74) is 0.593. The van der Waals surface area contributed by atoms with E-state index in [-0.39, 0.29) is 12.5 Å². The first-order valence-electron chi connectivity index (χ1n) is 11.8. The number of carbonyl (C=O) groups excluding carboxylic acids is 2. The molecule has 2 aromatic rings. The van der Waals surface area contributed by atoms with Gasteiger partial charge in [0, 0.05) is 17.1 Å². The summed E-state index contributed by atoms with van der Waals surface area (Å²) in [6.45, 7) is 9.39. The van der Waals surface area contributed by atoms with Crippen LogP contribution < -0.4 is 14.4 Å². The maximum absolute atomic E-state index is 13.7. The number of rotatable bonds is 11. The van der Waals surface area contributed by atoms with Crippen molar-refractivity contribution in [3.05, 3.63) is 59.1 Å². The van der Waals surface area contributed by atoms with Crippen LogP contribution in [-0.2, 0) is 26.2 Å². The van der Waals surface area contributed by atoms with Crippen LogP contribution in [0.25, 0.3) is 0 Å². The highest BCUT2D eigenvalue weighted by Crippen LogP contribution is 2.23. The van der Waals surface area contributed by atoms with E-state index < -0.39 is 34.1 Å². The molecule has 0 radical (unpaired) electrons. The SMILES string of the molecule is CCOc1ccc(N(CC(=O)N(Cc2ccc(Cl)cc2)[C@@H](CC)C(=O)NC(C)(C)C)S(C)(=O)=O)cc1.